The van der Waals surface area contributed by atoms with E-state index >= 15 is 0 Å². The standard InChI is InChI=1S/C12H17ClN2O2/c1-9-8-11(17-14-9)12(16)15-7-3-5-10(15)4-2-6-13/h8,10H,2-7H2,1H3. The zero-order chi connectivity index (χ0) is 12.3. The van der Waals surface area contributed by atoms with Gasteiger partial charge in [0.1, 0.15) is 0 Å². The molecule has 1 aliphatic heterocycles. The number of nitrogens with zero attached hydrogens (tertiary/aromatic N) is 2. The second kappa shape index (κ2) is 5.54. The number of hydrogen-bond donors (Lipinski definition) is 0. The van der Waals surface area contributed by atoms with Crippen molar-refractivity contribution in [2.24, 2.45) is 0 Å². The summed E-state index contributed by atoms with van der Waals surface area (Å²) in [6, 6.07) is 2.01. The number of halogens is 1. The molecular weight excluding hydrogens is 240 g/mol. The normalized spacial score (nSPS) is 19.9. The first-order chi connectivity index (χ1) is 8.22. The molecule has 1 unspecified atom stereocenters. The monoisotopic (exact) mass is 256 g/mol. The lowest BCUT2D eigenvalue weighted by Gasteiger charge is -2.23. The van der Waals surface area contributed by atoms with Crippen LogP contribution in [-0.4, -0.2) is 34.4 Å². The molecule has 2 rings (SSSR count). The molecule has 5 heteroatoms. The van der Waals surface area contributed by atoms with Gasteiger partial charge in [0.15, 0.2) is 0 Å². The van der Waals surface area contributed by atoms with E-state index in [1.807, 2.05) is 11.8 Å². The molecule has 4 nitrogen and oxygen atoms in total. The van der Waals surface area contributed by atoms with Gasteiger partial charge < -0.3 is 9.42 Å². The Balaban J connectivity index is 2.03. The fourth-order valence-electron chi connectivity index (χ4n) is 2.32. The zero-order valence-electron chi connectivity index (χ0n) is 9.99. The maximum atomic E-state index is 12.2. The largest absolute Gasteiger partial charge is 0.351 e. The summed E-state index contributed by atoms with van der Waals surface area (Å²) in [7, 11) is 0. The van der Waals surface area contributed by atoms with Crippen LogP contribution < -0.4 is 0 Å². The lowest BCUT2D eigenvalue weighted by molar-refractivity contribution is 0.0688. The van der Waals surface area contributed by atoms with Gasteiger partial charge in [-0.3, -0.25) is 4.79 Å². The maximum absolute atomic E-state index is 12.2. The molecule has 1 aliphatic rings. The Labute approximate surface area is 106 Å². The van der Waals surface area contributed by atoms with Crippen LogP contribution in [0.1, 0.15) is 41.9 Å². The molecule has 0 N–H and O–H groups in total. The Morgan fingerprint density at radius 1 is 1.71 bits per heavy atom. The van der Waals surface area contributed by atoms with Crippen LogP contribution in [0, 0.1) is 6.92 Å². The summed E-state index contributed by atoms with van der Waals surface area (Å²) >= 11 is 5.70. The lowest BCUT2D eigenvalue weighted by Crippen LogP contribution is -2.35. The van der Waals surface area contributed by atoms with Gasteiger partial charge in [0, 0.05) is 24.5 Å². The van der Waals surface area contributed by atoms with E-state index in [0.29, 0.717) is 17.7 Å². The van der Waals surface area contributed by atoms with E-state index in [-0.39, 0.29) is 5.91 Å². The van der Waals surface area contributed by atoms with Gasteiger partial charge in [0.2, 0.25) is 5.76 Å². The van der Waals surface area contributed by atoms with Crippen LogP contribution in [-0.2, 0) is 0 Å². The van der Waals surface area contributed by atoms with Crippen molar-refractivity contribution in [2.75, 3.05) is 12.4 Å². The SMILES string of the molecule is Cc1cc(C(=O)N2CCCC2CCCCl)on1. The van der Waals surface area contributed by atoms with Crippen LogP contribution in [0.3, 0.4) is 0 Å². The number of likely N-dealkylation sites (tertiary alicyclic amines) is 1. The molecule has 0 saturated carbocycles. The summed E-state index contributed by atoms with van der Waals surface area (Å²) in [4.78, 5) is 14.1. The molecule has 2 heterocycles. The molecule has 1 atom stereocenters. The number of carbonyl (C=O) groups is 1. The highest BCUT2D eigenvalue weighted by molar-refractivity contribution is 6.17. The number of hydrogen-bond acceptors (Lipinski definition) is 3. The van der Waals surface area contributed by atoms with Crippen molar-refractivity contribution in [2.45, 2.75) is 38.6 Å². The smallest absolute Gasteiger partial charge is 0.292 e. The predicted octanol–water partition coefficient (Wildman–Crippen LogP) is 2.61. The highest BCUT2D eigenvalue weighted by Crippen LogP contribution is 2.23. The lowest BCUT2D eigenvalue weighted by atomic mass is 10.1. The Hall–Kier alpha value is -1.03. The van der Waals surface area contributed by atoms with Gasteiger partial charge >= 0.3 is 0 Å². The van der Waals surface area contributed by atoms with Crippen LogP contribution >= 0.6 is 11.6 Å². The molecule has 1 saturated heterocycles. The van der Waals surface area contributed by atoms with Crippen LogP contribution in [0.4, 0.5) is 0 Å². The number of rotatable bonds is 4. The molecule has 1 amide bonds. The van der Waals surface area contributed by atoms with Gasteiger partial charge in [-0.2, -0.15) is 0 Å². The summed E-state index contributed by atoms with van der Waals surface area (Å²) < 4.78 is 5.02. The molecular formula is C12H17ClN2O2. The van der Waals surface area contributed by atoms with E-state index in [0.717, 1.165) is 37.9 Å². The number of amides is 1. The third-order valence-electron chi connectivity index (χ3n) is 3.15. The maximum Gasteiger partial charge on any atom is 0.292 e. The van der Waals surface area contributed by atoms with Crippen molar-refractivity contribution in [3.05, 3.63) is 17.5 Å². The van der Waals surface area contributed by atoms with Crippen LogP contribution in [0.15, 0.2) is 10.6 Å². The van der Waals surface area contributed by atoms with E-state index in [9.17, 15) is 4.79 Å². The average Bonchev–Trinajstić information content (AvgIpc) is 2.94. The van der Waals surface area contributed by atoms with Gasteiger partial charge in [-0.25, -0.2) is 0 Å². The van der Waals surface area contributed by atoms with Crippen molar-refractivity contribution in [1.29, 1.82) is 0 Å². The third kappa shape index (κ3) is 2.80. The fourth-order valence-corrected chi connectivity index (χ4v) is 2.48. The minimum atomic E-state index is -0.0392. The summed E-state index contributed by atoms with van der Waals surface area (Å²) in [5, 5.41) is 3.75. The van der Waals surface area contributed by atoms with Crippen LogP contribution in [0.5, 0.6) is 0 Å². The number of aromatic nitrogens is 1. The molecule has 0 radical (unpaired) electrons. The molecule has 1 aromatic heterocycles. The highest BCUT2D eigenvalue weighted by Gasteiger charge is 2.30. The third-order valence-corrected chi connectivity index (χ3v) is 3.41. The molecule has 94 valence electrons. The van der Waals surface area contributed by atoms with Gasteiger partial charge in [-0.05, 0) is 32.6 Å². The van der Waals surface area contributed by atoms with Crippen LogP contribution in [0.2, 0.25) is 0 Å². The first kappa shape index (κ1) is 12.4. The molecule has 0 spiro atoms. The zero-order valence-corrected chi connectivity index (χ0v) is 10.7. The molecule has 0 bridgehead atoms. The fraction of sp³-hybridized carbons (Fsp3) is 0.667. The number of aryl methyl sites for hydroxylation is 1. The van der Waals surface area contributed by atoms with Crippen molar-refractivity contribution < 1.29 is 9.32 Å². The van der Waals surface area contributed by atoms with Crippen molar-refractivity contribution in [3.63, 3.8) is 0 Å². The first-order valence-electron chi connectivity index (χ1n) is 6.02. The molecule has 0 aliphatic carbocycles. The predicted molar refractivity (Wildman–Crippen MR) is 65.3 cm³/mol. The molecule has 17 heavy (non-hydrogen) atoms. The topological polar surface area (TPSA) is 46.3 Å². The first-order valence-corrected chi connectivity index (χ1v) is 6.56. The molecule has 1 fully saturated rings. The van der Waals surface area contributed by atoms with E-state index in [1.54, 1.807) is 6.07 Å². The minimum absolute atomic E-state index is 0.0392. The summed E-state index contributed by atoms with van der Waals surface area (Å²) in [5.74, 6) is 0.961. The minimum Gasteiger partial charge on any atom is -0.351 e. The number of carbonyl (C=O) groups excluding carboxylic acids is 1. The van der Waals surface area contributed by atoms with E-state index < -0.39 is 0 Å². The summed E-state index contributed by atoms with van der Waals surface area (Å²) in [5.41, 5.74) is 0.741. The molecule has 1 aromatic rings. The molecule has 0 aromatic carbocycles. The van der Waals surface area contributed by atoms with Gasteiger partial charge in [0.25, 0.3) is 5.91 Å². The Kier molecular flexibility index (Phi) is 4.05. The van der Waals surface area contributed by atoms with Crippen molar-refractivity contribution in [3.8, 4) is 0 Å². The van der Waals surface area contributed by atoms with Gasteiger partial charge in [-0.1, -0.05) is 5.16 Å². The second-order valence-corrected chi connectivity index (χ2v) is 4.84. The van der Waals surface area contributed by atoms with E-state index in [1.165, 1.54) is 0 Å². The van der Waals surface area contributed by atoms with E-state index in [2.05, 4.69) is 5.16 Å². The Morgan fingerprint density at radius 2 is 2.53 bits per heavy atom. The quantitative estimate of drug-likeness (QED) is 0.778. The summed E-state index contributed by atoms with van der Waals surface area (Å²) in [6.07, 6.45) is 4.05. The Morgan fingerprint density at radius 3 is 3.18 bits per heavy atom. The van der Waals surface area contributed by atoms with Crippen molar-refractivity contribution in [1.82, 2.24) is 10.1 Å². The summed E-state index contributed by atoms with van der Waals surface area (Å²) in [6.45, 7) is 2.63. The van der Waals surface area contributed by atoms with Crippen molar-refractivity contribution >= 4 is 17.5 Å². The number of alkyl halides is 1. The average molecular weight is 257 g/mol. The van der Waals surface area contributed by atoms with Gasteiger partial charge in [0.05, 0.1) is 5.69 Å². The second-order valence-electron chi connectivity index (χ2n) is 4.46. The Bertz CT molecular complexity index is 392. The van der Waals surface area contributed by atoms with Crippen LogP contribution in [0.25, 0.3) is 0 Å². The van der Waals surface area contributed by atoms with Gasteiger partial charge in [-0.15, -0.1) is 11.6 Å². The highest BCUT2D eigenvalue weighted by atomic mass is 35.5. The van der Waals surface area contributed by atoms with E-state index in [4.69, 9.17) is 16.1 Å².